The largest absolute Gasteiger partial charge is 0.450 e. The SMILES string of the molecule is CCOC(=O)Nc1nc2ccc(S(=O)(=O)N(CC(C)C)C[C@@H](O)[C@H](Cc3ccccc3)NC(=O)OCc3cncs3)cc2s1. The monoisotopic (exact) mass is 661 g/mol. The number of carbonyl (C=O) groups excluding carboxylic acids is 2. The first-order valence-electron chi connectivity index (χ1n) is 13.9. The van der Waals surface area contributed by atoms with Crippen LogP contribution in [0.3, 0.4) is 0 Å². The van der Waals surface area contributed by atoms with Crippen molar-refractivity contribution < 1.29 is 32.6 Å². The molecule has 0 spiro atoms. The van der Waals surface area contributed by atoms with Gasteiger partial charge >= 0.3 is 12.2 Å². The predicted octanol–water partition coefficient (Wildman–Crippen LogP) is 4.87. The van der Waals surface area contributed by atoms with Gasteiger partial charge in [0, 0.05) is 19.3 Å². The zero-order chi connectivity index (χ0) is 31.7. The molecule has 0 radical (unpaired) electrons. The smallest absolute Gasteiger partial charge is 0.413 e. The number of fused-ring (bicyclic) bond motifs is 1. The molecular weight excluding hydrogens is 627 g/mol. The summed E-state index contributed by atoms with van der Waals surface area (Å²) in [6, 6.07) is 12.9. The Balaban J connectivity index is 1.55. The van der Waals surface area contributed by atoms with Gasteiger partial charge in [-0.05, 0) is 43.0 Å². The number of thiazole rings is 2. The summed E-state index contributed by atoms with van der Waals surface area (Å²) in [6.45, 7) is 5.52. The molecule has 0 aliphatic rings. The number of aliphatic hydroxyl groups is 1. The summed E-state index contributed by atoms with van der Waals surface area (Å²) >= 11 is 2.47. The fraction of sp³-hybridized carbons (Fsp3) is 0.379. The zero-order valence-electron chi connectivity index (χ0n) is 24.5. The molecule has 4 rings (SSSR count). The first-order chi connectivity index (χ1) is 21.0. The van der Waals surface area contributed by atoms with Gasteiger partial charge in [0.05, 0.1) is 44.3 Å². The number of hydrogen-bond acceptors (Lipinski definition) is 11. The molecule has 0 saturated carbocycles. The topological polar surface area (TPSA) is 160 Å². The second kappa shape index (κ2) is 15.4. The summed E-state index contributed by atoms with van der Waals surface area (Å²) in [5, 5.41) is 17.0. The van der Waals surface area contributed by atoms with Crippen LogP contribution in [0.25, 0.3) is 10.2 Å². The lowest BCUT2D eigenvalue weighted by Gasteiger charge is -2.30. The lowest BCUT2D eigenvalue weighted by atomic mass is 10.0. The summed E-state index contributed by atoms with van der Waals surface area (Å²) < 4.78 is 39.9. The predicted molar refractivity (Wildman–Crippen MR) is 169 cm³/mol. The third-order valence-electron chi connectivity index (χ3n) is 6.34. The van der Waals surface area contributed by atoms with E-state index in [0.717, 1.165) is 21.8 Å². The number of aromatic nitrogens is 2. The number of alkyl carbamates (subject to hydrolysis) is 1. The van der Waals surface area contributed by atoms with E-state index in [4.69, 9.17) is 9.47 Å². The molecule has 2 atom stereocenters. The van der Waals surface area contributed by atoms with E-state index < -0.39 is 34.4 Å². The fourth-order valence-corrected chi connectivity index (χ4v) is 7.45. The first kappa shape index (κ1) is 33.3. The molecule has 0 aliphatic heterocycles. The number of ether oxygens (including phenoxy) is 2. The van der Waals surface area contributed by atoms with E-state index in [1.54, 1.807) is 24.7 Å². The van der Waals surface area contributed by atoms with Gasteiger partial charge in [-0.1, -0.05) is 55.5 Å². The van der Waals surface area contributed by atoms with Gasteiger partial charge < -0.3 is 19.9 Å². The van der Waals surface area contributed by atoms with E-state index in [-0.39, 0.29) is 48.7 Å². The van der Waals surface area contributed by atoms with Crippen LogP contribution in [0.5, 0.6) is 0 Å². The number of aliphatic hydroxyl groups excluding tert-OH is 1. The standard InChI is InChI=1S/C29H35N5O7S3/c1-4-40-29(37)33-27-31-23-11-10-22(13-26(23)43-27)44(38,39)34(15-19(2)3)16-25(35)24(12-20-8-6-5-7-9-20)32-28(36)41-17-21-14-30-18-42-21/h5-11,13-14,18-19,24-25,35H,4,12,15-17H2,1-3H3,(H,32,36)(H,31,33,37)/t24-,25+/m0/s1. The summed E-state index contributed by atoms with van der Waals surface area (Å²) in [6.07, 6.45) is -0.810. The highest BCUT2D eigenvalue weighted by molar-refractivity contribution is 7.89. The number of carbonyl (C=O) groups is 2. The first-order valence-corrected chi connectivity index (χ1v) is 17.1. The van der Waals surface area contributed by atoms with Crippen LogP contribution < -0.4 is 10.6 Å². The van der Waals surface area contributed by atoms with Gasteiger partial charge in [-0.2, -0.15) is 4.31 Å². The van der Waals surface area contributed by atoms with Crippen LogP contribution in [0.1, 0.15) is 31.2 Å². The Hall–Kier alpha value is -3.63. The van der Waals surface area contributed by atoms with E-state index in [1.165, 1.54) is 27.8 Å². The maximum Gasteiger partial charge on any atom is 0.413 e. The molecule has 2 aromatic carbocycles. The summed E-state index contributed by atoms with van der Waals surface area (Å²) in [4.78, 5) is 33.6. The molecule has 12 nitrogen and oxygen atoms in total. The molecule has 0 fully saturated rings. The van der Waals surface area contributed by atoms with Gasteiger partial charge in [0.1, 0.15) is 6.61 Å². The van der Waals surface area contributed by atoms with Crippen molar-refractivity contribution >= 4 is 60.2 Å². The zero-order valence-corrected chi connectivity index (χ0v) is 27.0. The lowest BCUT2D eigenvalue weighted by molar-refractivity contribution is 0.0876. The second-order valence-corrected chi connectivity index (χ2v) is 14.2. The quantitative estimate of drug-likeness (QED) is 0.171. The third kappa shape index (κ3) is 9.19. The van der Waals surface area contributed by atoms with Crippen molar-refractivity contribution in [1.29, 1.82) is 0 Å². The number of nitrogens with zero attached hydrogens (tertiary/aromatic N) is 3. The molecular formula is C29H35N5O7S3. The molecule has 236 valence electrons. The molecule has 44 heavy (non-hydrogen) atoms. The molecule has 4 aromatic rings. The van der Waals surface area contributed by atoms with Gasteiger partial charge in [0.2, 0.25) is 10.0 Å². The Kier molecular flexibility index (Phi) is 11.6. The van der Waals surface area contributed by atoms with E-state index in [9.17, 15) is 23.1 Å². The van der Waals surface area contributed by atoms with Crippen molar-refractivity contribution in [1.82, 2.24) is 19.6 Å². The van der Waals surface area contributed by atoms with Crippen LogP contribution in [0, 0.1) is 5.92 Å². The lowest BCUT2D eigenvalue weighted by Crippen LogP contribution is -2.51. The summed E-state index contributed by atoms with van der Waals surface area (Å²) in [5.74, 6) is -0.0607. The Morgan fingerprint density at radius 3 is 2.52 bits per heavy atom. The average Bonchev–Trinajstić information content (AvgIpc) is 3.65. The normalized spacial score (nSPS) is 13.1. The number of benzene rings is 2. The number of amides is 2. The van der Waals surface area contributed by atoms with Crippen LogP contribution >= 0.6 is 22.7 Å². The van der Waals surface area contributed by atoms with Gasteiger partial charge in [-0.15, -0.1) is 11.3 Å². The van der Waals surface area contributed by atoms with Gasteiger partial charge in [0.15, 0.2) is 5.13 Å². The molecule has 2 aromatic heterocycles. The Bertz CT molecular complexity index is 1630. The van der Waals surface area contributed by atoms with E-state index >= 15 is 0 Å². The van der Waals surface area contributed by atoms with Gasteiger partial charge in [-0.3, -0.25) is 10.3 Å². The maximum absolute atomic E-state index is 13.9. The van der Waals surface area contributed by atoms with Gasteiger partial charge in [0.25, 0.3) is 0 Å². The Labute approximate surface area is 264 Å². The average molecular weight is 662 g/mol. The molecule has 0 bridgehead atoms. The van der Waals surface area contributed by atoms with E-state index in [1.807, 2.05) is 44.2 Å². The van der Waals surface area contributed by atoms with Crippen LogP contribution in [0.4, 0.5) is 14.7 Å². The van der Waals surface area contributed by atoms with Crippen LogP contribution in [0.2, 0.25) is 0 Å². The second-order valence-electron chi connectivity index (χ2n) is 10.3. The van der Waals surface area contributed by atoms with Crippen molar-refractivity contribution in [3.8, 4) is 0 Å². The fourth-order valence-electron chi connectivity index (χ4n) is 4.33. The minimum Gasteiger partial charge on any atom is -0.450 e. The third-order valence-corrected chi connectivity index (χ3v) is 9.85. The minimum atomic E-state index is -4.09. The van der Waals surface area contributed by atoms with Crippen molar-refractivity contribution in [3.05, 3.63) is 70.7 Å². The highest BCUT2D eigenvalue weighted by Gasteiger charge is 2.32. The number of rotatable bonds is 14. The molecule has 0 unspecified atom stereocenters. The number of sulfonamides is 1. The van der Waals surface area contributed by atoms with Crippen LogP contribution in [0.15, 0.2) is 65.1 Å². The highest BCUT2D eigenvalue weighted by Crippen LogP contribution is 2.30. The van der Waals surface area contributed by atoms with Crippen molar-refractivity contribution in [3.63, 3.8) is 0 Å². The molecule has 0 aliphatic carbocycles. The molecule has 3 N–H and O–H groups in total. The van der Waals surface area contributed by atoms with Gasteiger partial charge in [-0.25, -0.2) is 23.0 Å². The Morgan fingerprint density at radius 1 is 1.07 bits per heavy atom. The number of nitrogens with one attached hydrogen (secondary N) is 2. The number of hydrogen-bond donors (Lipinski definition) is 3. The molecule has 15 heteroatoms. The summed E-state index contributed by atoms with van der Waals surface area (Å²) in [7, 11) is -4.09. The van der Waals surface area contributed by atoms with E-state index in [2.05, 4.69) is 20.6 Å². The maximum atomic E-state index is 13.9. The molecule has 2 amide bonds. The molecule has 2 heterocycles. The number of anilines is 1. The van der Waals surface area contributed by atoms with Crippen molar-refractivity contribution in [2.24, 2.45) is 5.92 Å². The van der Waals surface area contributed by atoms with Crippen LogP contribution in [-0.2, 0) is 32.5 Å². The van der Waals surface area contributed by atoms with Crippen LogP contribution in [-0.4, -0.2) is 71.8 Å². The summed E-state index contributed by atoms with van der Waals surface area (Å²) in [5.41, 5.74) is 2.99. The van der Waals surface area contributed by atoms with Crippen molar-refractivity contribution in [2.75, 3.05) is 25.0 Å². The molecule has 0 saturated heterocycles. The highest BCUT2D eigenvalue weighted by atomic mass is 32.2. The Morgan fingerprint density at radius 2 is 1.84 bits per heavy atom. The minimum absolute atomic E-state index is 0.0146. The van der Waals surface area contributed by atoms with E-state index in [0.29, 0.717) is 10.2 Å². The van der Waals surface area contributed by atoms with Crippen molar-refractivity contribution in [2.45, 2.75) is 50.8 Å².